The van der Waals surface area contributed by atoms with Gasteiger partial charge in [-0.15, -0.1) is 0 Å². The first-order chi connectivity index (χ1) is 14.1. The van der Waals surface area contributed by atoms with Crippen LogP contribution in [0, 0.1) is 5.82 Å². The Balaban J connectivity index is 1.56. The van der Waals surface area contributed by atoms with Crippen LogP contribution in [0.4, 0.5) is 10.3 Å². The largest absolute Gasteiger partial charge is 0.497 e. The van der Waals surface area contributed by atoms with Crippen LogP contribution in [0.5, 0.6) is 5.75 Å². The van der Waals surface area contributed by atoms with Crippen molar-refractivity contribution in [2.45, 2.75) is 24.8 Å². The predicted molar refractivity (Wildman–Crippen MR) is 105 cm³/mol. The fourth-order valence-electron chi connectivity index (χ4n) is 4.25. The van der Waals surface area contributed by atoms with Gasteiger partial charge in [0.05, 0.1) is 7.11 Å². The maximum absolute atomic E-state index is 13.9. The zero-order chi connectivity index (χ0) is 20.0. The number of ether oxygens (including phenoxy) is 1. The standard InChI is InChI=1S/C22H19FN4O2/c1-29-17-7-5-13(6-8-17)15-10-18-20(19(28)11-15)21(14-3-2-4-16(23)9-14)27-22(26-18)24-12-25-27/h2-9,12,15,21H,10-11H2,1H3,(H,24,25,26)/t15-,21+/m0/s1. The lowest BCUT2D eigenvalue weighted by molar-refractivity contribution is -0.116. The number of nitrogens with zero attached hydrogens (tertiary/aromatic N) is 3. The molecule has 1 N–H and O–H groups in total. The Morgan fingerprint density at radius 2 is 1.97 bits per heavy atom. The van der Waals surface area contributed by atoms with Crippen molar-refractivity contribution in [3.05, 3.63) is 83.1 Å². The van der Waals surface area contributed by atoms with Crippen LogP contribution in [-0.4, -0.2) is 27.7 Å². The number of halogens is 1. The quantitative estimate of drug-likeness (QED) is 0.736. The molecule has 0 radical (unpaired) electrons. The number of ketones is 1. The van der Waals surface area contributed by atoms with Gasteiger partial charge in [0.15, 0.2) is 5.78 Å². The third-order valence-electron chi connectivity index (χ3n) is 5.61. The molecule has 146 valence electrons. The van der Waals surface area contributed by atoms with Gasteiger partial charge in [0.1, 0.15) is 23.9 Å². The van der Waals surface area contributed by atoms with Gasteiger partial charge in [0.2, 0.25) is 5.95 Å². The van der Waals surface area contributed by atoms with Crippen LogP contribution in [0.25, 0.3) is 0 Å². The van der Waals surface area contributed by atoms with Crippen LogP contribution in [0.1, 0.15) is 35.9 Å². The summed E-state index contributed by atoms with van der Waals surface area (Å²) < 4.78 is 20.8. The van der Waals surface area contributed by atoms with E-state index in [9.17, 15) is 9.18 Å². The summed E-state index contributed by atoms with van der Waals surface area (Å²) in [5, 5.41) is 7.56. The molecule has 6 nitrogen and oxygen atoms in total. The molecule has 2 heterocycles. The monoisotopic (exact) mass is 390 g/mol. The van der Waals surface area contributed by atoms with E-state index in [0.717, 1.165) is 17.0 Å². The second-order valence-electron chi connectivity index (χ2n) is 7.30. The number of allylic oxidation sites excluding steroid dienone is 2. The molecule has 2 aromatic carbocycles. The SMILES string of the molecule is COc1ccc([C@@H]2CC(=O)C3=C(C2)Nc2ncnn2[C@@H]3c2cccc(F)c2)cc1. The van der Waals surface area contributed by atoms with Crippen LogP contribution in [0.3, 0.4) is 0 Å². The summed E-state index contributed by atoms with van der Waals surface area (Å²) in [4.78, 5) is 17.5. The molecule has 5 rings (SSSR count). The Morgan fingerprint density at radius 3 is 2.72 bits per heavy atom. The summed E-state index contributed by atoms with van der Waals surface area (Å²) >= 11 is 0. The van der Waals surface area contributed by atoms with Crippen molar-refractivity contribution in [3.8, 4) is 5.75 Å². The number of nitrogens with one attached hydrogen (secondary N) is 1. The van der Waals surface area contributed by atoms with E-state index < -0.39 is 6.04 Å². The van der Waals surface area contributed by atoms with E-state index in [2.05, 4.69) is 15.4 Å². The van der Waals surface area contributed by atoms with Gasteiger partial charge in [-0.05, 0) is 47.7 Å². The van der Waals surface area contributed by atoms with Crippen molar-refractivity contribution in [1.29, 1.82) is 0 Å². The lowest BCUT2D eigenvalue weighted by Gasteiger charge is -2.35. The summed E-state index contributed by atoms with van der Waals surface area (Å²) in [6.07, 6.45) is 2.51. The fraction of sp³-hybridized carbons (Fsp3) is 0.227. The number of Topliss-reactive ketones (excluding diaryl/α,β-unsaturated/α-hetero) is 1. The summed E-state index contributed by atoms with van der Waals surface area (Å²) in [6.45, 7) is 0. The fourth-order valence-corrected chi connectivity index (χ4v) is 4.25. The van der Waals surface area contributed by atoms with Crippen LogP contribution in [0.2, 0.25) is 0 Å². The van der Waals surface area contributed by atoms with Gasteiger partial charge in [-0.25, -0.2) is 9.07 Å². The smallest absolute Gasteiger partial charge is 0.226 e. The molecule has 0 saturated carbocycles. The van der Waals surface area contributed by atoms with Crippen molar-refractivity contribution < 1.29 is 13.9 Å². The minimum absolute atomic E-state index is 0.0370. The Morgan fingerprint density at radius 1 is 1.14 bits per heavy atom. The molecule has 2 atom stereocenters. The topological polar surface area (TPSA) is 69.0 Å². The van der Waals surface area contributed by atoms with E-state index in [1.807, 2.05) is 30.3 Å². The third kappa shape index (κ3) is 2.99. The molecule has 0 unspecified atom stereocenters. The Hall–Kier alpha value is -3.48. The number of methoxy groups -OCH3 is 1. The van der Waals surface area contributed by atoms with Crippen molar-refractivity contribution in [2.75, 3.05) is 12.4 Å². The highest BCUT2D eigenvalue weighted by Crippen LogP contribution is 2.43. The van der Waals surface area contributed by atoms with Crippen molar-refractivity contribution in [2.24, 2.45) is 0 Å². The molecular weight excluding hydrogens is 371 g/mol. The highest BCUT2D eigenvalue weighted by Gasteiger charge is 2.39. The number of fused-ring (bicyclic) bond motifs is 1. The number of carbonyl (C=O) groups is 1. The second-order valence-corrected chi connectivity index (χ2v) is 7.30. The number of hydrogen-bond donors (Lipinski definition) is 1. The summed E-state index contributed by atoms with van der Waals surface area (Å²) in [6, 6.07) is 13.6. The molecule has 0 fully saturated rings. The lowest BCUT2D eigenvalue weighted by atomic mass is 9.78. The third-order valence-corrected chi connectivity index (χ3v) is 5.61. The molecule has 2 aliphatic rings. The molecule has 7 heteroatoms. The molecule has 0 bridgehead atoms. The lowest BCUT2D eigenvalue weighted by Crippen LogP contribution is -2.33. The Kier molecular flexibility index (Phi) is 4.16. The van der Waals surface area contributed by atoms with Crippen LogP contribution in [0.15, 0.2) is 66.1 Å². The van der Waals surface area contributed by atoms with E-state index in [4.69, 9.17) is 4.74 Å². The Labute approximate surface area is 167 Å². The number of carbonyl (C=O) groups excluding carboxylic acids is 1. The van der Waals surface area contributed by atoms with Crippen LogP contribution >= 0.6 is 0 Å². The first-order valence-electron chi connectivity index (χ1n) is 9.46. The van der Waals surface area contributed by atoms with Gasteiger partial charge >= 0.3 is 0 Å². The number of anilines is 1. The van der Waals surface area contributed by atoms with Crippen molar-refractivity contribution >= 4 is 11.7 Å². The zero-order valence-corrected chi connectivity index (χ0v) is 15.8. The van der Waals surface area contributed by atoms with E-state index in [0.29, 0.717) is 29.9 Å². The number of rotatable bonds is 3. The minimum atomic E-state index is -0.483. The predicted octanol–water partition coefficient (Wildman–Crippen LogP) is 3.84. The first kappa shape index (κ1) is 17.6. The van der Waals surface area contributed by atoms with Gasteiger partial charge in [-0.2, -0.15) is 10.1 Å². The number of benzene rings is 2. The normalized spacial score (nSPS) is 20.7. The van der Waals surface area contributed by atoms with Gasteiger partial charge < -0.3 is 10.1 Å². The van der Waals surface area contributed by atoms with Crippen LogP contribution in [-0.2, 0) is 4.79 Å². The average molecular weight is 390 g/mol. The van der Waals surface area contributed by atoms with Crippen LogP contribution < -0.4 is 10.1 Å². The molecule has 1 aliphatic carbocycles. The molecule has 29 heavy (non-hydrogen) atoms. The van der Waals surface area contributed by atoms with Crippen molar-refractivity contribution in [3.63, 3.8) is 0 Å². The highest BCUT2D eigenvalue weighted by atomic mass is 19.1. The Bertz CT molecular complexity index is 1120. The summed E-state index contributed by atoms with van der Waals surface area (Å²) in [7, 11) is 1.63. The van der Waals surface area contributed by atoms with Gasteiger partial charge in [0, 0.05) is 17.7 Å². The average Bonchev–Trinajstić information content (AvgIpc) is 3.20. The van der Waals surface area contributed by atoms with Crippen molar-refractivity contribution in [1.82, 2.24) is 14.8 Å². The van der Waals surface area contributed by atoms with Gasteiger partial charge in [-0.1, -0.05) is 24.3 Å². The van der Waals surface area contributed by atoms with E-state index in [-0.39, 0.29) is 17.5 Å². The first-order valence-corrected chi connectivity index (χ1v) is 9.46. The molecule has 3 aromatic rings. The molecule has 0 amide bonds. The van der Waals surface area contributed by atoms with E-state index >= 15 is 0 Å². The van der Waals surface area contributed by atoms with Gasteiger partial charge in [0.25, 0.3) is 0 Å². The van der Waals surface area contributed by atoms with Gasteiger partial charge in [-0.3, -0.25) is 4.79 Å². The highest BCUT2D eigenvalue weighted by molar-refractivity contribution is 6.00. The molecule has 1 aliphatic heterocycles. The number of aromatic nitrogens is 3. The molecule has 0 saturated heterocycles. The summed E-state index contributed by atoms with van der Waals surface area (Å²) in [5.41, 5.74) is 3.24. The summed E-state index contributed by atoms with van der Waals surface area (Å²) in [5.74, 6) is 1.09. The minimum Gasteiger partial charge on any atom is -0.497 e. The maximum atomic E-state index is 13.9. The maximum Gasteiger partial charge on any atom is 0.226 e. The molecular formula is C22H19FN4O2. The van der Waals surface area contributed by atoms with E-state index in [1.165, 1.54) is 18.5 Å². The zero-order valence-electron chi connectivity index (χ0n) is 15.8. The number of hydrogen-bond acceptors (Lipinski definition) is 5. The second kappa shape index (κ2) is 6.84. The van der Waals surface area contributed by atoms with E-state index in [1.54, 1.807) is 17.9 Å². The molecule has 0 spiro atoms. The molecule has 1 aromatic heterocycles.